The van der Waals surface area contributed by atoms with Crippen LogP contribution in [0.15, 0.2) is 35.4 Å². The van der Waals surface area contributed by atoms with Crippen molar-refractivity contribution in [3.63, 3.8) is 0 Å². The SMILES string of the molecule is CCCCc1ccc(C#N)c(SC(CC)C(=O)Nc2cc(Cl)cc(Cl)c2)n1. The zero-order valence-corrected chi connectivity index (χ0v) is 17.6. The molecule has 0 spiro atoms. The maximum atomic E-state index is 12.7. The highest BCUT2D eigenvalue weighted by atomic mass is 35.5. The average Bonchev–Trinajstić information content (AvgIpc) is 2.63. The fourth-order valence-electron chi connectivity index (χ4n) is 2.46. The first-order chi connectivity index (χ1) is 13.0. The average molecular weight is 422 g/mol. The van der Waals surface area contributed by atoms with E-state index in [-0.39, 0.29) is 11.2 Å². The molecular formula is C20H21Cl2N3OS. The summed E-state index contributed by atoms with van der Waals surface area (Å²) in [7, 11) is 0. The third-order valence-electron chi connectivity index (χ3n) is 3.87. The number of halogens is 2. The number of hydrogen-bond donors (Lipinski definition) is 1. The molecule has 1 heterocycles. The Bertz CT molecular complexity index is 831. The van der Waals surface area contributed by atoms with Crippen molar-refractivity contribution in [1.29, 1.82) is 5.26 Å². The van der Waals surface area contributed by atoms with Crippen LogP contribution in [-0.2, 0) is 11.2 Å². The van der Waals surface area contributed by atoms with Gasteiger partial charge in [0.15, 0.2) is 0 Å². The van der Waals surface area contributed by atoms with Crippen molar-refractivity contribution < 1.29 is 4.79 Å². The molecule has 1 atom stereocenters. The lowest BCUT2D eigenvalue weighted by atomic mass is 10.2. The van der Waals surface area contributed by atoms with Crippen molar-refractivity contribution in [3.8, 4) is 6.07 Å². The predicted octanol–water partition coefficient (Wildman–Crippen LogP) is 6.11. The lowest BCUT2D eigenvalue weighted by Gasteiger charge is -2.16. The molecule has 0 saturated carbocycles. The summed E-state index contributed by atoms with van der Waals surface area (Å²) in [6.07, 6.45) is 3.57. The van der Waals surface area contributed by atoms with Gasteiger partial charge in [-0.1, -0.05) is 55.2 Å². The van der Waals surface area contributed by atoms with E-state index in [0.717, 1.165) is 25.0 Å². The van der Waals surface area contributed by atoms with Gasteiger partial charge in [0, 0.05) is 21.4 Å². The van der Waals surface area contributed by atoms with Crippen LogP contribution in [0, 0.1) is 11.3 Å². The number of hydrogen-bond acceptors (Lipinski definition) is 4. The fraction of sp³-hybridized carbons (Fsp3) is 0.350. The third kappa shape index (κ3) is 6.42. The van der Waals surface area contributed by atoms with Gasteiger partial charge in [0.2, 0.25) is 5.91 Å². The molecule has 1 aromatic heterocycles. The minimum Gasteiger partial charge on any atom is -0.325 e. The van der Waals surface area contributed by atoms with Gasteiger partial charge >= 0.3 is 0 Å². The van der Waals surface area contributed by atoms with E-state index in [4.69, 9.17) is 23.2 Å². The summed E-state index contributed by atoms with van der Waals surface area (Å²) < 4.78 is 0. The number of benzene rings is 1. The lowest BCUT2D eigenvalue weighted by Crippen LogP contribution is -2.24. The van der Waals surface area contributed by atoms with Gasteiger partial charge in [-0.05, 0) is 49.6 Å². The predicted molar refractivity (Wildman–Crippen MR) is 113 cm³/mol. The number of amides is 1. The van der Waals surface area contributed by atoms with Crippen molar-refractivity contribution in [2.75, 3.05) is 5.32 Å². The summed E-state index contributed by atoms with van der Waals surface area (Å²) in [6.45, 7) is 4.05. The van der Waals surface area contributed by atoms with Crippen molar-refractivity contribution in [2.24, 2.45) is 0 Å². The molecular weight excluding hydrogens is 401 g/mol. The van der Waals surface area contributed by atoms with E-state index in [2.05, 4.69) is 23.3 Å². The molecule has 0 saturated heterocycles. The highest BCUT2D eigenvalue weighted by Gasteiger charge is 2.21. The molecule has 0 bridgehead atoms. The Balaban J connectivity index is 2.17. The summed E-state index contributed by atoms with van der Waals surface area (Å²) in [6, 6.07) is 10.7. The van der Waals surface area contributed by atoms with Gasteiger partial charge in [-0.15, -0.1) is 0 Å². The van der Waals surface area contributed by atoms with Gasteiger partial charge in [-0.25, -0.2) is 4.98 Å². The second-order valence-electron chi connectivity index (χ2n) is 6.03. The van der Waals surface area contributed by atoms with Gasteiger partial charge in [0.1, 0.15) is 11.1 Å². The number of thioether (sulfide) groups is 1. The molecule has 0 fully saturated rings. The van der Waals surface area contributed by atoms with Crippen LogP contribution in [0.3, 0.4) is 0 Å². The number of carbonyl (C=O) groups is 1. The molecule has 7 heteroatoms. The normalized spacial score (nSPS) is 11.7. The quantitative estimate of drug-likeness (QED) is 0.521. The molecule has 0 aliphatic heterocycles. The van der Waals surface area contributed by atoms with E-state index < -0.39 is 0 Å². The van der Waals surface area contributed by atoms with Crippen molar-refractivity contribution >= 4 is 46.6 Å². The van der Waals surface area contributed by atoms with E-state index in [1.54, 1.807) is 24.3 Å². The van der Waals surface area contributed by atoms with Crippen LogP contribution >= 0.6 is 35.0 Å². The van der Waals surface area contributed by atoms with E-state index in [1.807, 2.05) is 13.0 Å². The second kappa shape index (κ2) is 10.6. The van der Waals surface area contributed by atoms with Gasteiger partial charge in [0.25, 0.3) is 0 Å². The number of anilines is 1. The number of nitriles is 1. The van der Waals surface area contributed by atoms with Crippen LogP contribution in [0.5, 0.6) is 0 Å². The standard InChI is InChI=1S/C20H21Cl2N3OS/c1-3-5-6-16-8-7-13(12-23)20(25-16)27-18(4-2)19(26)24-17-10-14(21)9-15(22)11-17/h7-11,18H,3-6H2,1-2H3,(H,24,26). The van der Waals surface area contributed by atoms with Crippen LogP contribution in [0.25, 0.3) is 0 Å². The number of nitrogens with zero attached hydrogens (tertiary/aromatic N) is 2. The summed E-state index contributed by atoms with van der Waals surface area (Å²) >= 11 is 13.3. The minimum absolute atomic E-state index is 0.175. The van der Waals surface area contributed by atoms with E-state index in [0.29, 0.717) is 32.7 Å². The Labute approximate surface area is 174 Å². The Morgan fingerprint density at radius 2 is 1.96 bits per heavy atom. The maximum Gasteiger partial charge on any atom is 0.237 e. The molecule has 0 radical (unpaired) electrons. The first kappa shape index (κ1) is 21.6. The number of rotatable bonds is 8. The molecule has 0 aliphatic rings. The smallest absolute Gasteiger partial charge is 0.237 e. The Morgan fingerprint density at radius 1 is 1.26 bits per heavy atom. The summed E-state index contributed by atoms with van der Waals surface area (Å²) in [4.78, 5) is 17.3. The number of aryl methyl sites for hydroxylation is 1. The first-order valence-corrected chi connectivity index (χ1v) is 10.4. The fourth-order valence-corrected chi connectivity index (χ4v) is 4.00. The third-order valence-corrected chi connectivity index (χ3v) is 5.67. The van der Waals surface area contributed by atoms with Gasteiger partial charge < -0.3 is 5.32 Å². The van der Waals surface area contributed by atoms with Crippen LogP contribution in [0.4, 0.5) is 5.69 Å². The Kier molecular flexibility index (Phi) is 8.43. The van der Waals surface area contributed by atoms with Gasteiger partial charge in [-0.3, -0.25) is 4.79 Å². The highest BCUT2D eigenvalue weighted by Crippen LogP contribution is 2.29. The number of nitrogens with one attached hydrogen (secondary N) is 1. The molecule has 1 unspecified atom stereocenters. The molecule has 2 rings (SSSR count). The molecule has 2 aromatic rings. The second-order valence-corrected chi connectivity index (χ2v) is 8.10. The van der Waals surface area contributed by atoms with Crippen molar-refractivity contribution in [3.05, 3.63) is 51.6 Å². The molecule has 142 valence electrons. The van der Waals surface area contributed by atoms with Crippen LogP contribution < -0.4 is 5.32 Å². The van der Waals surface area contributed by atoms with Crippen molar-refractivity contribution in [2.45, 2.75) is 49.8 Å². The zero-order valence-electron chi connectivity index (χ0n) is 15.3. The Hall–Kier alpha value is -1.74. The van der Waals surface area contributed by atoms with Crippen molar-refractivity contribution in [1.82, 2.24) is 4.98 Å². The van der Waals surface area contributed by atoms with E-state index in [9.17, 15) is 10.1 Å². The van der Waals surface area contributed by atoms with E-state index >= 15 is 0 Å². The Morgan fingerprint density at radius 3 is 2.56 bits per heavy atom. The van der Waals surface area contributed by atoms with Gasteiger partial charge in [0.05, 0.1) is 10.8 Å². The number of aromatic nitrogens is 1. The maximum absolute atomic E-state index is 12.7. The molecule has 1 aromatic carbocycles. The van der Waals surface area contributed by atoms with Crippen LogP contribution in [0.2, 0.25) is 10.0 Å². The highest BCUT2D eigenvalue weighted by molar-refractivity contribution is 8.00. The molecule has 27 heavy (non-hydrogen) atoms. The number of unbranched alkanes of at least 4 members (excludes halogenated alkanes) is 1. The van der Waals surface area contributed by atoms with Crippen LogP contribution in [-0.4, -0.2) is 16.1 Å². The monoisotopic (exact) mass is 421 g/mol. The molecule has 0 aliphatic carbocycles. The topological polar surface area (TPSA) is 65.8 Å². The van der Waals surface area contributed by atoms with E-state index in [1.165, 1.54) is 11.8 Å². The minimum atomic E-state index is -0.385. The van der Waals surface area contributed by atoms with Gasteiger partial charge in [-0.2, -0.15) is 5.26 Å². The summed E-state index contributed by atoms with van der Waals surface area (Å²) in [5.41, 5.74) is 1.97. The summed E-state index contributed by atoms with van der Waals surface area (Å²) in [5.74, 6) is -0.175. The largest absolute Gasteiger partial charge is 0.325 e. The zero-order chi connectivity index (χ0) is 19.8. The molecule has 1 amide bonds. The molecule has 1 N–H and O–H groups in total. The first-order valence-electron chi connectivity index (χ1n) is 8.80. The lowest BCUT2D eigenvalue weighted by molar-refractivity contribution is -0.115. The number of carbonyl (C=O) groups excluding carboxylic acids is 1. The number of pyridine rings is 1. The summed E-state index contributed by atoms with van der Waals surface area (Å²) in [5, 5.41) is 13.3. The van der Waals surface area contributed by atoms with Crippen LogP contribution in [0.1, 0.15) is 44.4 Å². The molecule has 4 nitrogen and oxygen atoms in total.